The van der Waals surface area contributed by atoms with Crippen molar-refractivity contribution < 1.29 is 5.11 Å². The third-order valence-electron chi connectivity index (χ3n) is 8.76. The Hall–Kier alpha value is -2.80. The Labute approximate surface area is 229 Å². The van der Waals surface area contributed by atoms with E-state index in [1.807, 2.05) is 12.3 Å². The largest absolute Gasteiger partial charge is 0.384 e. The molecule has 0 spiro atoms. The van der Waals surface area contributed by atoms with Gasteiger partial charge in [0.2, 0.25) is 0 Å². The van der Waals surface area contributed by atoms with Gasteiger partial charge >= 0.3 is 0 Å². The van der Waals surface area contributed by atoms with Gasteiger partial charge < -0.3 is 5.11 Å². The van der Waals surface area contributed by atoms with Gasteiger partial charge in [-0.25, -0.2) is 4.98 Å². The molecule has 6 nitrogen and oxygen atoms in total. The molecule has 0 amide bonds. The first-order chi connectivity index (χ1) is 18.1. The lowest BCUT2D eigenvalue weighted by Crippen LogP contribution is -2.48. The van der Waals surface area contributed by atoms with Gasteiger partial charge in [0, 0.05) is 40.5 Å². The van der Waals surface area contributed by atoms with E-state index in [9.17, 15) is 5.11 Å². The predicted molar refractivity (Wildman–Crippen MR) is 153 cm³/mol. The third-order valence-corrected chi connectivity index (χ3v) is 9.05. The highest BCUT2D eigenvalue weighted by Crippen LogP contribution is 2.38. The topological polar surface area (TPSA) is 77.9 Å². The van der Waals surface area contributed by atoms with Crippen LogP contribution in [0.5, 0.6) is 0 Å². The molecule has 7 heteroatoms. The fourth-order valence-corrected chi connectivity index (χ4v) is 6.93. The van der Waals surface area contributed by atoms with Crippen molar-refractivity contribution in [2.45, 2.75) is 83.4 Å². The molecule has 1 saturated heterocycles. The van der Waals surface area contributed by atoms with Crippen molar-refractivity contribution in [2.24, 2.45) is 0 Å². The minimum Gasteiger partial charge on any atom is -0.384 e. The molecule has 1 aliphatic heterocycles. The highest BCUT2D eigenvalue weighted by Gasteiger charge is 2.38. The summed E-state index contributed by atoms with van der Waals surface area (Å²) in [6.07, 6.45) is 10.9. The number of hydrogen-bond donors (Lipinski definition) is 2. The molecule has 198 valence electrons. The molecule has 3 aromatic heterocycles. The molecular formula is C31H36ClN5O. The number of likely N-dealkylation sites (tertiary alicyclic amines) is 1. The van der Waals surface area contributed by atoms with E-state index in [0.717, 1.165) is 40.7 Å². The van der Waals surface area contributed by atoms with Crippen LogP contribution in [0.1, 0.15) is 70.2 Å². The normalized spacial score (nSPS) is 22.5. The van der Waals surface area contributed by atoms with Crippen LogP contribution in [0.4, 0.5) is 0 Å². The van der Waals surface area contributed by atoms with Crippen LogP contribution >= 0.6 is 11.6 Å². The Kier molecular flexibility index (Phi) is 6.33. The number of aromatic nitrogens is 4. The van der Waals surface area contributed by atoms with E-state index in [1.165, 1.54) is 48.9 Å². The van der Waals surface area contributed by atoms with Gasteiger partial charge in [0.25, 0.3) is 0 Å². The number of rotatable bonds is 4. The average molecular weight is 530 g/mol. The molecule has 2 aliphatic rings. The summed E-state index contributed by atoms with van der Waals surface area (Å²) in [5.41, 5.74) is 7.04. The van der Waals surface area contributed by atoms with Crippen molar-refractivity contribution in [1.29, 1.82) is 0 Å². The number of aliphatic hydroxyl groups is 1. The first-order valence-corrected chi connectivity index (χ1v) is 14.1. The Morgan fingerprint density at radius 1 is 1.03 bits per heavy atom. The molecule has 2 atom stereocenters. The summed E-state index contributed by atoms with van der Waals surface area (Å²) in [6, 6.07) is 11.6. The number of pyridine rings is 2. The molecule has 1 aromatic carbocycles. The van der Waals surface area contributed by atoms with E-state index in [-0.39, 0.29) is 5.54 Å². The van der Waals surface area contributed by atoms with Gasteiger partial charge in [0.05, 0.1) is 10.7 Å². The van der Waals surface area contributed by atoms with Crippen LogP contribution in [0.3, 0.4) is 0 Å². The fraction of sp³-hybridized carbons (Fsp3) is 0.452. The van der Waals surface area contributed by atoms with E-state index in [1.54, 1.807) is 20.0 Å². The van der Waals surface area contributed by atoms with Crippen LogP contribution in [0.15, 0.2) is 42.7 Å². The lowest BCUT2D eigenvalue weighted by molar-refractivity contribution is 0.0740. The zero-order valence-corrected chi connectivity index (χ0v) is 23.4. The summed E-state index contributed by atoms with van der Waals surface area (Å²) in [4.78, 5) is 11.9. The first-order valence-electron chi connectivity index (χ1n) is 13.7. The molecule has 6 rings (SSSR count). The van der Waals surface area contributed by atoms with Crippen molar-refractivity contribution in [2.75, 3.05) is 6.54 Å². The number of benzene rings is 1. The lowest BCUT2D eigenvalue weighted by Gasteiger charge is -2.41. The average Bonchev–Trinajstić information content (AvgIpc) is 3.47. The standard InChI is InChI=1S/C31H36ClN5O/c1-19-6-5-13-37(19)31(4)11-9-20-7-8-21(14-22(20)10-12-31)23-15-25-27(35-36-29(25)34-17-23)24-16-26(32)28(33-18-24)30(2,3)38/h7-8,14-19,38H,5-6,9-13H2,1-4H3,(H,34,35,36)/t19-,31?/m1/s1. The number of nitrogens with one attached hydrogen (secondary N) is 1. The van der Waals surface area contributed by atoms with E-state index >= 15 is 0 Å². The van der Waals surface area contributed by atoms with Crippen LogP contribution in [0.2, 0.25) is 5.02 Å². The molecule has 1 aliphatic carbocycles. The van der Waals surface area contributed by atoms with Crippen LogP contribution in [0, 0.1) is 0 Å². The number of aromatic amines is 1. The SMILES string of the molecule is C[C@@H]1CCCN1C1(C)CCc2ccc(-c3cnc4[nH]nc(-c5cnc(C(C)(C)O)c(Cl)c5)c4c3)cc2CC1. The summed E-state index contributed by atoms with van der Waals surface area (Å²) in [5.74, 6) is 0. The van der Waals surface area contributed by atoms with Crippen LogP contribution < -0.4 is 0 Å². The van der Waals surface area contributed by atoms with Gasteiger partial charge in [-0.2, -0.15) is 5.10 Å². The molecule has 0 radical (unpaired) electrons. The van der Waals surface area contributed by atoms with E-state index in [0.29, 0.717) is 16.8 Å². The Bertz CT molecular complexity index is 1510. The highest BCUT2D eigenvalue weighted by atomic mass is 35.5. The zero-order chi connectivity index (χ0) is 26.7. The van der Waals surface area contributed by atoms with Crippen molar-refractivity contribution in [3.63, 3.8) is 0 Å². The second kappa shape index (κ2) is 9.44. The molecule has 4 aromatic rings. The van der Waals surface area contributed by atoms with Crippen molar-refractivity contribution in [1.82, 2.24) is 25.1 Å². The minimum absolute atomic E-state index is 0.275. The van der Waals surface area contributed by atoms with Crippen LogP contribution in [-0.4, -0.2) is 48.3 Å². The molecule has 0 bridgehead atoms. The molecule has 1 fully saturated rings. The van der Waals surface area contributed by atoms with Crippen molar-refractivity contribution in [3.8, 4) is 22.4 Å². The van der Waals surface area contributed by atoms with Crippen molar-refractivity contribution >= 4 is 22.6 Å². The Balaban J connectivity index is 1.31. The summed E-state index contributed by atoms with van der Waals surface area (Å²) in [7, 11) is 0. The predicted octanol–water partition coefficient (Wildman–Crippen LogP) is 6.69. The molecule has 2 N–H and O–H groups in total. The smallest absolute Gasteiger partial charge is 0.155 e. The maximum absolute atomic E-state index is 10.3. The van der Waals surface area contributed by atoms with Crippen LogP contribution in [-0.2, 0) is 18.4 Å². The first kappa shape index (κ1) is 25.5. The number of nitrogens with zero attached hydrogens (tertiary/aromatic N) is 4. The summed E-state index contributed by atoms with van der Waals surface area (Å²) >= 11 is 6.48. The second-order valence-corrected chi connectivity index (χ2v) is 12.4. The number of H-pyrrole nitrogens is 1. The Morgan fingerprint density at radius 2 is 1.79 bits per heavy atom. The number of fused-ring (bicyclic) bond motifs is 2. The van der Waals surface area contributed by atoms with Crippen molar-refractivity contribution in [3.05, 3.63) is 64.6 Å². The fourth-order valence-electron chi connectivity index (χ4n) is 6.54. The maximum Gasteiger partial charge on any atom is 0.155 e. The minimum atomic E-state index is -1.12. The number of hydrogen-bond acceptors (Lipinski definition) is 5. The zero-order valence-electron chi connectivity index (χ0n) is 22.7. The second-order valence-electron chi connectivity index (χ2n) is 12.0. The quantitative estimate of drug-likeness (QED) is 0.288. The highest BCUT2D eigenvalue weighted by molar-refractivity contribution is 6.31. The Morgan fingerprint density at radius 3 is 2.50 bits per heavy atom. The lowest BCUT2D eigenvalue weighted by atomic mass is 9.89. The molecule has 38 heavy (non-hydrogen) atoms. The summed E-state index contributed by atoms with van der Waals surface area (Å²) in [6.45, 7) is 9.46. The molecule has 1 unspecified atom stereocenters. The molecule has 0 saturated carbocycles. The number of aryl methyl sites for hydroxylation is 2. The monoisotopic (exact) mass is 529 g/mol. The van der Waals surface area contributed by atoms with Crippen LogP contribution in [0.25, 0.3) is 33.4 Å². The maximum atomic E-state index is 10.3. The molecule has 4 heterocycles. The van der Waals surface area contributed by atoms with Gasteiger partial charge in [-0.3, -0.25) is 15.0 Å². The third kappa shape index (κ3) is 4.53. The number of halogens is 1. The summed E-state index contributed by atoms with van der Waals surface area (Å²) < 4.78 is 0. The van der Waals surface area contributed by atoms with E-state index < -0.39 is 5.60 Å². The van der Waals surface area contributed by atoms with E-state index in [4.69, 9.17) is 11.6 Å². The van der Waals surface area contributed by atoms with Gasteiger partial charge in [0.1, 0.15) is 11.3 Å². The van der Waals surface area contributed by atoms with Gasteiger partial charge in [-0.05, 0) is 102 Å². The van der Waals surface area contributed by atoms with Gasteiger partial charge in [-0.15, -0.1) is 0 Å². The molecular weight excluding hydrogens is 494 g/mol. The van der Waals surface area contributed by atoms with Gasteiger partial charge in [-0.1, -0.05) is 29.8 Å². The van der Waals surface area contributed by atoms with Gasteiger partial charge in [0.15, 0.2) is 5.65 Å². The summed E-state index contributed by atoms with van der Waals surface area (Å²) in [5, 5.41) is 19.2. The van der Waals surface area contributed by atoms with E-state index in [2.05, 4.69) is 63.2 Å².